The van der Waals surface area contributed by atoms with E-state index >= 15 is 0 Å². The van der Waals surface area contributed by atoms with Gasteiger partial charge in [-0.2, -0.15) is 0 Å². The lowest BCUT2D eigenvalue weighted by Gasteiger charge is -2.05. The topological polar surface area (TPSA) is 0 Å². The molecule has 0 nitrogen and oxygen atoms in total. The zero-order valence-corrected chi connectivity index (χ0v) is 7.97. The molecule has 0 aliphatic heterocycles. The maximum atomic E-state index is 5.33. The quantitative estimate of drug-likeness (QED) is 0.415. The van der Waals surface area contributed by atoms with Crippen LogP contribution in [0.25, 0.3) is 0 Å². The van der Waals surface area contributed by atoms with Crippen molar-refractivity contribution in [2.45, 2.75) is 45.4 Å². The van der Waals surface area contributed by atoms with Crippen LogP contribution in [0, 0.1) is 30.6 Å². The molecule has 0 N–H and O–H groups in total. The van der Waals surface area contributed by atoms with Gasteiger partial charge in [0.05, 0.1) is 0 Å². The van der Waals surface area contributed by atoms with Crippen LogP contribution in [0.3, 0.4) is 0 Å². The first kappa shape index (κ1) is 11.1. The van der Waals surface area contributed by atoms with Crippen LogP contribution in [0.5, 0.6) is 0 Å². The van der Waals surface area contributed by atoms with E-state index in [2.05, 4.69) is 18.8 Å². The molecule has 0 heterocycles. The third-order valence-electron chi connectivity index (χ3n) is 2.01. The Morgan fingerprint density at radius 1 is 1.17 bits per heavy atom. The van der Waals surface area contributed by atoms with Crippen molar-refractivity contribution in [3.63, 3.8) is 0 Å². The Bertz CT molecular complexity index is 165. The molecule has 0 bridgehead atoms. The van der Waals surface area contributed by atoms with Crippen LogP contribution < -0.4 is 0 Å². The maximum absolute atomic E-state index is 5.33. The fraction of sp³-hybridized carbons (Fsp3) is 0.667. The van der Waals surface area contributed by atoms with Crippen LogP contribution >= 0.6 is 0 Å². The standard InChI is InChI=1S/C12H18/c1-4-7-8-9-11-12(6-3)10-5-2/h2-3,12H,4,7-11H2,1H3. The van der Waals surface area contributed by atoms with Crippen molar-refractivity contribution in [2.24, 2.45) is 5.92 Å². The number of unbranched alkanes of at least 4 members (excludes halogenated alkanes) is 3. The van der Waals surface area contributed by atoms with Crippen molar-refractivity contribution in [1.29, 1.82) is 0 Å². The zero-order valence-electron chi connectivity index (χ0n) is 7.97. The van der Waals surface area contributed by atoms with E-state index in [1.165, 1.54) is 25.7 Å². The molecule has 0 saturated carbocycles. The lowest BCUT2D eigenvalue weighted by atomic mass is 9.99. The Balaban J connectivity index is 3.35. The van der Waals surface area contributed by atoms with Crippen molar-refractivity contribution in [3.05, 3.63) is 0 Å². The average Bonchev–Trinajstić information content (AvgIpc) is 2.10. The zero-order chi connectivity index (χ0) is 9.23. The molecular formula is C12H18. The van der Waals surface area contributed by atoms with Gasteiger partial charge in [-0.3, -0.25) is 0 Å². The van der Waals surface area contributed by atoms with E-state index in [0.29, 0.717) is 5.92 Å². The second-order valence-electron chi connectivity index (χ2n) is 3.12. The van der Waals surface area contributed by atoms with Gasteiger partial charge < -0.3 is 0 Å². The molecule has 0 aromatic carbocycles. The molecule has 1 unspecified atom stereocenters. The van der Waals surface area contributed by atoms with E-state index < -0.39 is 0 Å². The molecule has 0 aromatic rings. The Kier molecular flexibility index (Phi) is 7.62. The van der Waals surface area contributed by atoms with E-state index in [-0.39, 0.29) is 0 Å². The SMILES string of the molecule is C#CCC(C#C)CCCCCC. The highest BCUT2D eigenvalue weighted by molar-refractivity contribution is 5.00. The molecule has 0 saturated heterocycles. The summed E-state index contributed by atoms with van der Waals surface area (Å²) in [5.41, 5.74) is 0. The summed E-state index contributed by atoms with van der Waals surface area (Å²) in [6, 6.07) is 0. The first-order valence-corrected chi connectivity index (χ1v) is 4.74. The summed E-state index contributed by atoms with van der Waals surface area (Å²) in [4.78, 5) is 0. The summed E-state index contributed by atoms with van der Waals surface area (Å²) in [7, 11) is 0. The first-order valence-electron chi connectivity index (χ1n) is 4.74. The van der Waals surface area contributed by atoms with E-state index in [4.69, 9.17) is 12.8 Å². The minimum atomic E-state index is 0.312. The predicted molar refractivity (Wildman–Crippen MR) is 54.5 cm³/mol. The molecule has 1 atom stereocenters. The summed E-state index contributed by atoms with van der Waals surface area (Å²) in [5, 5.41) is 0. The van der Waals surface area contributed by atoms with E-state index in [1.54, 1.807) is 0 Å². The minimum absolute atomic E-state index is 0.312. The van der Waals surface area contributed by atoms with Crippen LogP contribution in [0.4, 0.5) is 0 Å². The van der Waals surface area contributed by atoms with Gasteiger partial charge in [0.25, 0.3) is 0 Å². The molecule has 0 aliphatic carbocycles. The summed E-state index contributed by atoms with van der Waals surface area (Å²) >= 11 is 0. The van der Waals surface area contributed by atoms with Crippen molar-refractivity contribution in [3.8, 4) is 24.7 Å². The fourth-order valence-corrected chi connectivity index (χ4v) is 1.20. The van der Waals surface area contributed by atoms with E-state index in [1.807, 2.05) is 0 Å². The van der Waals surface area contributed by atoms with Gasteiger partial charge >= 0.3 is 0 Å². The normalized spacial score (nSPS) is 11.6. The second-order valence-corrected chi connectivity index (χ2v) is 3.12. The van der Waals surface area contributed by atoms with Gasteiger partial charge in [-0.25, -0.2) is 0 Å². The van der Waals surface area contributed by atoms with Gasteiger partial charge in [0.15, 0.2) is 0 Å². The number of hydrogen-bond donors (Lipinski definition) is 0. The van der Waals surface area contributed by atoms with Crippen molar-refractivity contribution >= 4 is 0 Å². The summed E-state index contributed by atoms with van der Waals surface area (Å²) in [5.74, 6) is 5.67. The molecule has 12 heavy (non-hydrogen) atoms. The minimum Gasteiger partial charge on any atom is -0.120 e. The largest absolute Gasteiger partial charge is 0.120 e. The van der Waals surface area contributed by atoms with Crippen LogP contribution in [-0.2, 0) is 0 Å². The smallest absolute Gasteiger partial charge is 0.0309 e. The van der Waals surface area contributed by atoms with Crippen LogP contribution in [0.1, 0.15) is 45.4 Å². The molecule has 0 amide bonds. The Morgan fingerprint density at radius 3 is 2.42 bits per heavy atom. The van der Waals surface area contributed by atoms with Gasteiger partial charge in [0.1, 0.15) is 0 Å². The van der Waals surface area contributed by atoms with Crippen LogP contribution in [0.2, 0.25) is 0 Å². The Labute approximate surface area is 76.8 Å². The molecule has 0 rings (SSSR count). The summed E-state index contributed by atoms with van der Waals surface area (Å²) in [6.07, 6.45) is 17.5. The third-order valence-corrected chi connectivity index (χ3v) is 2.01. The molecule has 0 spiro atoms. The summed E-state index contributed by atoms with van der Waals surface area (Å²) in [6.45, 7) is 2.21. The molecule has 0 aromatic heterocycles. The molecule has 66 valence electrons. The maximum Gasteiger partial charge on any atom is 0.0309 e. The highest BCUT2D eigenvalue weighted by atomic mass is 14.0. The Morgan fingerprint density at radius 2 is 1.92 bits per heavy atom. The average molecular weight is 162 g/mol. The van der Waals surface area contributed by atoms with Gasteiger partial charge in [-0.05, 0) is 6.42 Å². The predicted octanol–water partition coefficient (Wildman–Crippen LogP) is 3.23. The van der Waals surface area contributed by atoms with Crippen molar-refractivity contribution < 1.29 is 0 Å². The molecule has 0 heteroatoms. The van der Waals surface area contributed by atoms with Crippen LogP contribution in [0.15, 0.2) is 0 Å². The molecule has 0 radical (unpaired) electrons. The highest BCUT2D eigenvalue weighted by Gasteiger charge is 2.01. The molecule has 0 aliphatic rings. The first-order chi connectivity index (χ1) is 5.85. The fourth-order valence-electron chi connectivity index (χ4n) is 1.20. The van der Waals surface area contributed by atoms with Gasteiger partial charge in [-0.1, -0.05) is 32.6 Å². The Hall–Kier alpha value is -0.880. The second kappa shape index (κ2) is 8.22. The summed E-state index contributed by atoms with van der Waals surface area (Å²) < 4.78 is 0. The van der Waals surface area contributed by atoms with E-state index in [9.17, 15) is 0 Å². The number of hydrogen-bond acceptors (Lipinski definition) is 0. The number of rotatable bonds is 6. The van der Waals surface area contributed by atoms with Gasteiger partial charge in [-0.15, -0.1) is 24.7 Å². The van der Waals surface area contributed by atoms with Gasteiger partial charge in [0, 0.05) is 12.3 Å². The van der Waals surface area contributed by atoms with Crippen LogP contribution in [-0.4, -0.2) is 0 Å². The van der Waals surface area contributed by atoms with Crippen molar-refractivity contribution in [2.75, 3.05) is 0 Å². The van der Waals surface area contributed by atoms with Crippen molar-refractivity contribution in [1.82, 2.24) is 0 Å². The number of terminal acetylenes is 2. The third kappa shape index (κ3) is 5.87. The lowest BCUT2D eigenvalue weighted by molar-refractivity contribution is 0.551. The van der Waals surface area contributed by atoms with Gasteiger partial charge in [0.2, 0.25) is 0 Å². The highest BCUT2D eigenvalue weighted by Crippen LogP contribution is 2.12. The molecule has 0 fully saturated rings. The molecular weight excluding hydrogens is 144 g/mol. The lowest BCUT2D eigenvalue weighted by Crippen LogP contribution is -1.95. The van der Waals surface area contributed by atoms with E-state index in [0.717, 1.165) is 12.8 Å². The monoisotopic (exact) mass is 162 g/mol.